The first-order valence-electron chi connectivity index (χ1n) is 3.84. The van der Waals surface area contributed by atoms with Crippen molar-refractivity contribution in [3.8, 4) is 0 Å². The standard InChI is InChI=1S/C9H11NO2S/c1-4-6-8-7(3)10-13(11,12)9(8)5-2/h4-6H,1H2,2-3H3/b8-6-,9-5+. The van der Waals surface area contributed by atoms with E-state index >= 15 is 0 Å². The van der Waals surface area contributed by atoms with Gasteiger partial charge in [0.15, 0.2) is 0 Å². The van der Waals surface area contributed by atoms with Gasteiger partial charge in [-0.2, -0.15) is 12.8 Å². The maximum atomic E-state index is 11.4. The van der Waals surface area contributed by atoms with Gasteiger partial charge in [0.25, 0.3) is 10.0 Å². The normalized spacial score (nSPS) is 26.5. The van der Waals surface area contributed by atoms with Gasteiger partial charge >= 0.3 is 0 Å². The lowest BCUT2D eigenvalue weighted by Gasteiger charge is -1.96. The first-order chi connectivity index (χ1) is 6.03. The molecule has 0 aromatic rings. The molecule has 0 saturated heterocycles. The number of rotatable bonds is 1. The lowest BCUT2D eigenvalue weighted by atomic mass is 10.1. The number of hydrogen-bond acceptors (Lipinski definition) is 2. The fourth-order valence-corrected chi connectivity index (χ4v) is 2.57. The fraction of sp³-hybridized carbons (Fsp3) is 0.222. The molecule has 0 unspecified atom stereocenters. The second-order valence-corrected chi connectivity index (χ2v) is 4.19. The Morgan fingerprint density at radius 2 is 2.08 bits per heavy atom. The molecule has 0 radical (unpaired) electrons. The van der Waals surface area contributed by atoms with Gasteiger partial charge in [0, 0.05) is 5.57 Å². The van der Waals surface area contributed by atoms with E-state index in [1.165, 1.54) is 0 Å². The highest BCUT2D eigenvalue weighted by Gasteiger charge is 2.28. The molecule has 1 aliphatic rings. The van der Waals surface area contributed by atoms with Gasteiger partial charge in [-0.05, 0) is 13.8 Å². The molecule has 0 bridgehead atoms. The largest absolute Gasteiger partial charge is 0.282 e. The molecule has 3 nitrogen and oxygen atoms in total. The highest BCUT2D eigenvalue weighted by molar-refractivity contribution is 7.95. The summed E-state index contributed by atoms with van der Waals surface area (Å²) in [6.45, 7) is 6.87. The van der Waals surface area contributed by atoms with Crippen LogP contribution in [0.2, 0.25) is 0 Å². The average molecular weight is 197 g/mol. The summed E-state index contributed by atoms with van der Waals surface area (Å²) in [5.74, 6) is 0. The van der Waals surface area contributed by atoms with E-state index in [-0.39, 0.29) is 4.91 Å². The Morgan fingerprint density at radius 3 is 2.54 bits per heavy atom. The Kier molecular flexibility index (Phi) is 2.52. The topological polar surface area (TPSA) is 46.5 Å². The van der Waals surface area contributed by atoms with Crippen molar-refractivity contribution in [1.29, 1.82) is 0 Å². The molecule has 1 aliphatic heterocycles. The van der Waals surface area contributed by atoms with E-state index in [1.807, 2.05) is 0 Å². The molecule has 0 saturated carbocycles. The maximum absolute atomic E-state index is 11.4. The third-order valence-corrected chi connectivity index (χ3v) is 3.26. The van der Waals surface area contributed by atoms with E-state index in [0.29, 0.717) is 11.3 Å². The monoisotopic (exact) mass is 197 g/mol. The molecule has 0 aliphatic carbocycles. The van der Waals surface area contributed by atoms with Crippen LogP contribution < -0.4 is 0 Å². The summed E-state index contributed by atoms with van der Waals surface area (Å²) in [5, 5.41) is 0. The third kappa shape index (κ3) is 1.62. The van der Waals surface area contributed by atoms with Crippen LogP contribution in [-0.4, -0.2) is 14.1 Å². The quantitative estimate of drug-likeness (QED) is 0.643. The number of nitrogens with zero attached hydrogens (tertiary/aromatic N) is 1. The Morgan fingerprint density at radius 1 is 1.46 bits per heavy atom. The molecule has 0 aromatic carbocycles. The van der Waals surface area contributed by atoms with Crippen molar-refractivity contribution in [3.63, 3.8) is 0 Å². The minimum atomic E-state index is -3.42. The van der Waals surface area contributed by atoms with Crippen LogP contribution in [0.5, 0.6) is 0 Å². The van der Waals surface area contributed by atoms with Gasteiger partial charge in [-0.3, -0.25) is 0 Å². The molecule has 4 heteroatoms. The Hall–Kier alpha value is -1.16. The smallest absolute Gasteiger partial charge is 0.199 e. The summed E-state index contributed by atoms with van der Waals surface area (Å²) in [6.07, 6.45) is 4.75. The van der Waals surface area contributed by atoms with Crippen LogP contribution in [0.3, 0.4) is 0 Å². The van der Waals surface area contributed by atoms with Crippen molar-refractivity contribution < 1.29 is 8.42 Å². The van der Waals surface area contributed by atoms with E-state index in [0.717, 1.165) is 0 Å². The van der Waals surface area contributed by atoms with E-state index in [1.54, 1.807) is 32.1 Å². The predicted octanol–water partition coefficient (Wildman–Crippen LogP) is 1.81. The summed E-state index contributed by atoms with van der Waals surface area (Å²) in [7, 11) is -3.42. The molecular formula is C9H11NO2S. The number of sulfonamides is 1. The Bertz CT molecular complexity index is 425. The van der Waals surface area contributed by atoms with Gasteiger partial charge < -0.3 is 0 Å². The number of allylic oxidation sites excluding steroid dienone is 4. The van der Waals surface area contributed by atoms with Crippen molar-refractivity contribution in [1.82, 2.24) is 0 Å². The van der Waals surface area contributed by atoms with E-state index in [2.05, 4.69) is 11.0 Å². The zero-order chi connectivity index (χ0) is 10.1. The van der Waals surface area contributed by atoms with E-state index in [9.17, 15) is 8.42 Å². The summed E-state index contributed by atoms with van der Waals surface area (Å²) >= 11 is 0. The van der Waals surface area contributed by atoms with Crippen LogP contribution in [0.1, 0.15) is 13.8 Å². The minimum absolute atomic E-state index is 0.268. The maximum Gasteiger partial charge on any atom is 0.282 e. The Labute approximate surface area is 78.2 Å². The summed E-state index contributed by atoms with van der Waals surface area (Å²) < 4.78 is 26.3. The second-order valence-electron chi connectivity index (χ2n) is 2.62. The molecular weight excluding hydrogens is 186 g/mol. The molecule has 1 rings (SSSR count). The van der Waals surface area contributed by atoms with E-state index < -0.39 is 10.0 Å². The first-order valence-corrected chi connectivity index (χ1v) is 5.28. The molecule has 0 aromatic heterocycles. The lowest BCUT2D eigenvalue weighted by Crippen LogP contribution is -1.96. The molecule has 0 spiro atoms. The van der Waals surface area contributed by atoms with Crippen LogP contribution in [0.15, 0.2) is 39.7 Å². The summed E-state index contributed by atoms with van der Waals surface area (Å²) in [5.41, 5.74) is 1.16. The molecule has 0 N–H and O–H groups in total. The van der Waals surface area contributed by atoms with Crippen molar-refractivity contribution in [2.24, 2.45) is 4.40 Å². The molecule has 70 valence electrons. The van der Waals surface area contributed by atoms with Gasteiger partial charge in [0.2, 0.25) is 0 Å². The summed E-state index contributed by atoms with van der Waals surface area (Å²) in [6, 6.07) is 0. The van der Waals surface area contributed by atoms with Crippen LogP contribution in [0.4, 0.5) is 0 Å². The molecule has 13 heavy (non-hydrogen) atoms. The van der Waals surface area contributed by atoms with Crippen molar-refractivity contribution in [3.05, 3.63) is 35.3 Å². The van der Waals surface area contributed by atoms with Crippen LogP contribution in [0.25, 0.3) is 0 Å². The zero-order valence-electron chi connectivity index (χ0n) is 7.61. The highest BCUT2D eigenvalue weighted by Crippen LogP contribution is 2.27. The molecule has 0 atom stereocenters. The molecule has 1 heterocycles. The van der Waals surface area contributed by atoms with Crippen molar-refractivity contribution in [2.75, 3.05) is 0 Å². The Balaban J connectivity index is 3.40. The summed E-state index contributed by atoms with van der Waals surface area (Å²) in [4.78, 5) is 0.268. The van der Waals surface area contributed by atoms with E-state index in [4.69, 9.17) is 0 Å². The van der Waals surface area contributed by atoms with Crippen LogP contribution >= 0.6 is 0 Å². The third-order valence-electron chi connectivity index (χ3n) is 1.74. The van der Waals surface area contributed by atoms with Crippen LogP contribution in [-0.2, 0) is 10.0 Å². The average Bonchev–Trinajstić information content (AvgIpc) is 2.22. The fourth-order valence-electron chi connectivity index (χ4n) is 1.22. The lowest BCUT2D eigenvalue weighted by molar-refractivity contribution is 0.605. The first kappa shape index (κ1) is 9.92. The van der Waals surface area contributed by atoms with Crippen molar-refractivity contribution in [2.45, 2.75) is 13.8 Å². The van der Waals surface area contributed by atoms with Gasteiger partial charge in [-0.15, -0.1) is 0 Å². The van der Waals surface area contributed by atoms with Crippen molar-refractivity contribution >= 4 is 15.7 Å². The highest BCUT2D eigenvalue weighted by atomic mass is 32.2. The molecule has 0 amide bonds. The predicted molar refractivity (Wildman–Crippen MR) is 54.1 cm³/mol. The SMILES string of the molecule is C=C/C=C1/C(C)=NS(=O)(=O)/C1=C/C. The van der Waals surface area contributed by atoms with Gasteiger partial charge in [-0.25, -0.2) is 0 Å². The van der Waals surface area contributed by atoms with Gasteiger partial charge in [0.1, 0.15) is 0 Å². The second kappa shape index (κ2) is 3.30. The molecule has 0 fully saturated rings. The van der Waals surface area contributed by atoms with Crippen LogP contribution in [0, 0.1) is 0 Å². The minimum Gasteiger partial charge on any atom is -0.199 e. The number of hydrogen-bond donors (Lipinski definition) is 0. The van der Waals surface area contributed by atoms with Gasteiger partial charge in [-0.1, -0.05) is 24.8 Å². The zero-order valence-corrected chi connectivity index (χ0v) is 8.43. The van der Waals surface area contributed by atoms with Gasteiger partial charge in [0.05, 0.1) is 10.6 Å².